The number of aliphatic hydroxyl groups is 1. The third kappa shape index (κ3) is 6.34. The fourth-order valence-electron chi connectivity index (χ4n) is 0.965. The van der Waals surface area contributed by atoms with Crippen LogP contribution in [-0.4, -0.2) is 50.0 Å². The highest BCUT2D eigenvalue weighted by Gasteiger charge is 2.05. The Labute approximate surface area is 74.6 Å². The lowest BCUT2D eigenvalue weighted by Gasteiger charge is -2.18. The van der Waals surface area contributed by atoms with E-state index < -0.39 is 0 Å². The van der Waals surface area contributed by atoms with Crippen LogP contribution in [-0.2, 0) is 4.74 Å². The summed E-state index contributed by atoms with van der Waals surface area (Å²) in [5.41, 5.74) is 0. The number of methoxy groups -OCH3 is 1. The fourth-order valence-corrected chi connectivity index (χ4v) is 0.965. The van der Waals surface area contributed by atoms with E-state index in [0.717, 1.165) is 6.54 Å². The normalized spacial score (nSPS) is 14.4. The van der Waals surface area contributed by atoms with Gasteiger partial charge in [0, 0.05) is 20.2 Å². The number of likely N-dealkylation sites (N-methyl/N-ethyl adjacent to an activating group) is 1. The molecule has 0 rings (SSSR count). The van der Waals surface area contributed by atoms with Crippen LogP contribution in [0.5, 0.6) is 0 Å². The molecule has 0 heterocycles. The van der Waals surface area contributed by atoms with Crippen LogP contribution in [0.1, 0.15) is 6.92 Å². The first-order chi connectivity index (χ1) is 5.70. The zero-order valence-electron chi connectivity index (χ0n) is 8.16. The Balaban J connectivity index is 3.46. The summed E-state index contributed by atoms with van der Waals surface area (Å²) in [7, 11) is 3.56. The number of rotatable bonds is 6. The molecule has 0 fully saturated rings. The topological polar surface area (TPSA) is 32.7 Å². The summed E-state index contributed by atoms with van der Waals surface area (Å²) < 4.78 is 4.81. The molecule has 0 aliphatic rings. The van der Waals surface area contributed by atoms with Crippen molar-refractivity contribution in [1.29, 1.82) is 0 Å². The lowest BCUT2D eigenvalue weighted by molar-refractivity contribution is 0.0454. The summed E-state index contributed by atoms with van der Waals surface area (Å²) in [6, 6.07) is 0. The van der Waals surface area contributed by atoms with Crippen molar-refractivity contribution < 1.29 is 9.84 Å². The summed E-state index contributed by atoms with van der Waals surface area (Å²) in [6.07, 6.45) is 3.67. The highest BCUT2D eigenvalue weighted by molar-refractivity contribution is 4.80. The highest BCUT2D eigenvalue weighted by atomic mass is 16.5. The molecule has 0 aromatic heterocycles. The molecule has 0 saturated carbocycles. The van der Waals surface area contributed by atoms with Crippen molar-refractivity contribution >= 4 is 0 Å². The van der Waals surface area contributed by atoms with Gasteiger partial charge >= 0.3 is 0 Å². The third-order valence-electron chi connectivity index (χ3n) is 1.53. The number of aliphatic hydroxyl groups excluding tert-OH is 1. The van der Waals surface area contributed by atoms with Gasteiger partial charge in [0.05, 0.1) is 12.7 Å². The predicted octanol–water partition coefficient (Wildman–Crippen LogP) is 0.502. The van der Waals surface area contributed by atoms with Crippen molar-refractivity contribution in [2.24, 2.45) is 0 Å². The number of allylic oxidation sites excluding steroid dienone is 1. The van der Waals surface area contributed by atoms with E-state index in [-0.39, 0.29) is 6.10 Å². The average molecular weight is 173 g/mol. The second kappa shape index (κ2) is 7.28. The Hall–Kier alpha value is -0.380. The van der Waals surface area contributed by atoms with Crippen molar-refractivity contribution in [2.45, 2.75) is 13.0 Å². The molecule has 0 bridgehead atoms. The van der Waals surface area contributed by atoms with E-state index in [4.69, 9.17) is 4.74 Å². The van der Waals surface area contributed by atoms with Gasteiger partial charge in [-0.3, -0.25) is 0 Å². The Kier molecular flexibility index (Phi) is 7.05. The minimum Gasteiger partial charge on any atom is -0.389 e. The molecule has 0 aliphatic heterocycles. The van der Waals surface area contributed by atoms with Crippen LogP contribution >= 0.6 is 0 Å². The minimum absolute atomic E-state index is 0.384. The summed E-state index contributed by atoms with van der Waals surface area (Å²) in [5, 5.41) is 9.33. The Morgan fingerprint density at radius 3 is 2.75 bits per heavy atom. The first-order valence-corrected chi connectivity index (χ1v) is 4.17. The van der Waals surface area contributed by atoms with Gasteiger partial charge in [-0.15, -0.1) is 0 Å². The smallest absolute Gasteiger partial charge is 0.0900 e. The summed E-state index contributed by atoms with van der Waals surface area (Å²) in [6.45, 7) is 3.91. The monoisotopic (exact) mass is 173 g/mol. The van der Waals surface area contributed by atoms with Crippen LogP contribution in [0.15, 0.2) is 12.2 Å². The lowest BCUT2D eigenvalue weighted by atomic mass is 10.3. The predicted molar refractivity (Wildman–Crippen MR) is 50.2 cm³/mol. The van der Waals surface area contributed by atoms with E-state index in [1.54, 1.807) is 7.11 Å². The third-order valence-corrected chi connectivity index (χ3v) is 1.53. The molecule has 0 aliphatic carbocycles. The first-order valence-electron chi connectivity index (χ1n) is 4.17. The second-order valence-electron chi connectivity index (χ2n) is 2.90. The highest BCUT2D eigenvalue weighted by Crippen LogP contribution is 1.90. The molecule has 0 aromatic rings. The average Bonchev–Trinajstić information content (AvgIpc) is 2.01. The van der Waals surface area contributed by atoms with Crippen molar-refractivity contribution in [2.75, 3.05) is 33.9 Å². The van der Waals surface area contributed by atoms with Crippen molar-refractivity contribution in [1.82, 2.24) is 4.90 Å². The van der Waals surface area contributed by atoms with Gasteiger partial charge in [-0.05, 0) is 14.0 Å². The zero-order valence-corrected chi connectivity index (χ0v) is 8.16. The number of hydrogen-bond acceptors (Lipinski definition) is 3. The van der Waals surface area contributed by atoms with Gasteiger partial charge in [0.1, 0.15) is 0 Å². The minimum atomic E-state index is -0.384. The SMILES string of the molecule is CC=CCN(C)CC(O)COC. The Bertz CT molecular complexity index is 126. The van der Waals surface area contributed by atoms with Crippen LogP contribution in [0.2, 0.25) is 0 Å². The van der Waals surface area contributed by atoms with Crippen molar-refractivity contribution in [3.05, 3.63) is 12.2 Å². The van der Waals surface area contributed by atoms with E-state index in [2.05, 4.69) is 6.08 Å². The molecule has 72 valence electrons. The molecule has 0 saturated heterocycles. The molecule has 12 heavy (non-hydrogen) atoms. The standard InChI is InChI=1S/C9H19NO2/c1-4-5-6-10(2)7-9(11)8-12-3/h4-5,9,11H,6-8H2,1-3H3. The number of hydrogen-bond donors (Lipinski definition) is 1. The van der Waals surface area contributed by atoms with Crippen LogP contribution in [0.4, 0.5) is 0 Å². The Morgan fingerprint density at radius 1 is 1.58 bits per heavy atom. The largest absolute Gasteiger partial charge is 0.389 e. The first kappa shape index (κ1) is 11.6. The van der Waals surface area contributed by atoms with E-state index in [0.29, 0.717) is 13.2 Å². The van der Waals surface area contributed by atoms with Crippen LogP contribution in [0.3, 0.4) is 0 Å². The van der Waals surface area contributed by atoms with Crippen LogP contribution < -0.4 is 0 Å². The van der Waals surface area contributed by atoms with E-state index in [1.165, 1.54) is 0 Å². The van der Waals surface area contributed by atoms with Crippen LogP contribution in [0, 0.1) is 0 Å². The quantitative estimate of drug-likeness (QED) is 0.594. The molecule has 1 atom stereocenters. The van der Waals surface area contributed by atoms with E-state index in [9.17, 15) is 5.11 Å². The van der Waals surface area contributed by atoms with Gasteiger partial charge in [0.15, 0.2) is 0 Å². The molecular formula is C9H19NO2. The molecular weight excluding hydrogens is 154 g/mol. The molecule has 3 nitrogen and oxygen atoms in total. The summed E-state index contributed by atoms with van der Waals surface area (Å²) in [4.78, 5) is 2.05. The molecule has 0 amide bonds. The molecule has 0 spiro atoms. The number of nitrogens with zero attached hydrogens (tertiary/aromatic N) is 1. The maximum atomic E-state index is 9.33. The van der Waals surface area contributed by atoms with Crippen LogP contribution in [0.25, 0.3) is 0 Å². The van der Waals surface area contributed by atoms with Gasteiger partial charge in [-0.25, -0.2) is 0 Å². The van der Waals surface area contributed by atoms with Gasteiger partial charge < -0.3 is 14.7 Å². The maximum absolute atomic E-state index is 9.33. The zero-order chi connectivity index (χ0) is 9.40. The van der Waals surface area contributed by atoms with Crippen molar-refractivity contribution in [3.63, 3.8) is 0 Å². The Morgan fingerprint density at radius 2 is 2.25 bits per heavy atom. The molecule has 0 radical (unpaired) electrons. The van der Waals surface area contributed by atoms with Crippen molar-refractivity contribution in [3.8, 4) is 0 Å². The molecule has 1 N–H and O–H groups in total. The van der Waals surface area contributed by atoms with Gasteiger partial charge in [0.2, 0.25) is 0 Å². The fraction of sp³-hybridized carbons (Fsp3) is 0.778. The summed E-state index contributed by atoms with van der Waals surface area (Å²) >= 11 is 0. The summed E-state index contributed by atoms with van der Waals surface area (Å²) in [5.74, 6) is 0. The van der Waals surface area contributed by atoms with Gasteiger partial charge in [-0.2, -0.15) is 0 Å². The molecule has 1 unspecified atom stereocenters. The molecule has 3 heteroatoms. The van der Waals surface area contributed by atoms with E-state index >= 15 is 0 Å². The number of ether oxygens (including phenoxy) is 1. The second-order valence-corrected chi connectivity index (χ2v) is 2.90. The molecule has 0 aromatic carbocycles. The van der Waals surface area contributed by atoms with E-state index in [1.807, 2.05) is 24.9 Å². The lowest BCUT2D eigenvalue weighted by Crippen LogP contribution is -2.31. The van der Waals surface area contributed by atoms with Gasteiger partial charge in [-0.1, -0.05) is 12.2 Å². The van der Waals surface area contributed by atoms with Gasteiger partial charge in [0.25, 0.3) is 0 Å². The maximum Gasteiger partial charge on any atom is 0.0900 e.